The highest BCUT2D eigenvalue weighted by Gasteiger charge is 2.33. The van der Waals surface area contributed by atoms with E-state index in [1.54, 1.807) is 21.8 Å². The molecule has 2 aliphatic rings. The van der Waals surface area contributed by atoms with E-state index < -0.39 is 12.2 Å². The third-order valence-electron chi connectivity index (χ3n) is 6.11. The average Bonchev–Trinajstić information content (AvgIpc) is 3.57. The molecule has 14 nitrogen and oxygen atoms in total. The van der Waals surface area contributed by atoms with Crippen LogP contribution in [0.1, 0.15) is 39.1 Å². The molecule has 2 fully saturated rings. The van der Waals surface area contributed by atoms with Gasteiger partial charge in [0.15, 0.2) is 22.9 Å². The molecule has 14 heteroatoms. The molecule has 0 spiro atoms. The van der Waals surface area contributed by atoms with Crippen molar-refractivity contribution in [2.75, 3.05) is 11.5 Å². The summed E-state index contributed by atoms with van der Waals surface area (Å²) in [5.74, 6) is 0.695. The fraction of sp³-hybridized carbons (Fsp3) is 0.500. The summed E-state index contributed by atoms with van der Waals surface area (Å²) in [6.45, 7) is 3.68. The summed E-state index contributed by atoms with van der Waals surface area (Å²) in [4.78, 5) is 24.4. The summed E-state index contributed by atoms with van der Waals surface area (Å²) in [5, 5.41) is 19.4. The van der Waals surface area contributed by atoms with Crippen LogP contribution < -0.4 is 11.5 Å². The lowest BCUT2D eigenvalue weighted by Crippen LogP contribution is -2.15. The van der Waals surface area contributed by atoms with E-state index in [-0.39, 0.29) is 24.7 Å². The molecule has 0 aliphatic carbocycles. The summed E-state index contributed by atoms with van der Waals surface area (Å²) < 4.78 is 14.8. The Hall–Kier alpha value is -3.46. The Kier molecular flexibility index (Phi) is 5.73. The van der Waals surface area contributed by atoms with Crippen LogP contribution in [0, 0.1) is 0 Å². The van der Waals surface area contributed by atoms with Crippen molar-refractivity contribution in [1.29, 1.82) is 0 Å². The second-order valence-electron chi connectivity index (χ2n) is 8.36. The van der Waals surface area contributed by atoms with Gasteiger partial charge in [0.2, 0.25) is 0 Å². The Bertz CT molecular complexity index is 1190. The first-order valence-corrected chi connectivity index (χ1v) is 10.9. The van der Waals surface area contributed by atoms with Crippen LogP contribution in [0.5, 0.6) is 0 Å². The molecule has 6 atom stereocenters. The summed E-state index contributed by atoms with van der Waals surface area (Å²) in [6.07, 6.45) is 5.28. The van der Waals surface area contributed by atoms with Crippen LogP contribution in [0.15, 0.2) is 25.3 Å². The Morgan fingerprint density at radius 2 is 1.15 bits per heavy atom. The number of nitrogen functional groups attached to an aromatic ring is 2. The van der Waals surface area contributed by atoms with Crippen LogP contribution in [0.4, 0.5) is 11.6 Å². The van der Waals surface area contributed by atoms with Gasteiger partial charge in [-0.05, 0) is 13.8 Å². The predicted octanol–water partition coefficient (Wildman–Crippen LogP) is 0.154. The zero-order valence-corrected chi connectivity index (χ0v) is 18.6. The van der Waals surface area contributed by atoms with Crippen molar-refractivity contribution in [1.82, 2.24) is 39.0 Å². The highest BCUT2D eigenvalue weighted by molar-refractivity contribution is 5.81. The minimum absolute atomic E-state index is 0.184. The Balaban J connectivity index is 0.000000142. The number of ether oxygens (including phenoxy) is 2. The van der Waals surface area contributed by atoms with Crippen LogP contribution in [0.3, 0.4) is 0 Å². The van der Waals surface area contributed by atoms with Crippen LogP contribution in [0.25, 0.3) is 22.3 Å². The molecule has 0 radical (unpaired) electrons. The number of imidazole rings is 2. The molecule has 6 heterocycles. The number of fused-ring (bicyclic) bond motifs is 2. The minimum Gasteiger partial charge on any atom is -0.390 e. The fourth-order valence-electron chi connectivity index (χ4n) is 4.10. The molecule has 4 aromatic heterocycles. The zero-order chi connectivity index (χ0) is 24.0. The summed E-state index contributed by atoms with van der Waals surface area (Å²) in [5.41, 5.74) is 13.8. The highest BCUT2D eigenvalue weighted by atomic mass is 16.5. The van der Waals surface area contributed by atoms with E-state index in [1.165, 1.54) is 12.7 Å². The van der Waals surface area contributed by atoms with Gasteiger partial charge in [-0.3, -0.25) is 9.13 Å². The predicted molar refractivity (Wildman–Crippen MR) is 120 cm³/mol. The first kappa shape index (κ1) is 22.3. The van der Waals surface area contributed by atoms with E-state index in [2.05, 4.69) is 29.9 Å². The minimum atomic E-state index is -0.461. The number of hydrogen-bond acceptors (Lipinski definition) is 12. The standard InChI is InChI=1S/2C10H13N5O2/c2*1-5-6(16)2-7(17-5)15-4-14-8-9(11)12-3-13-10(8)15/h2*3-7,16H,2H2,1H3,(H2,11,12,13)/t2*5-,6+,7-/m11/s1. The van der Waals surface area contributed by atoms with E-state index in [1.807, 2.05) is 13.8 Å². The number of nitrogens with two attached hydrogens (primary N) is 2. The van der Waals surface area contributed by atoms with Gasteiger partial charge >= 0.3 is 0 Å². The molecule has 180 valence electrons. The number of aromatic nitrogens is 8. The monoisotopic (exact) mass is 470 g/mol. The molecule has 34 heavy (non-hydrogen) atoms. The fourth-order valence-corrected chi connectivity index (χ4v) is 4.10. The van der Waals surface area contributed by atoms with Crippen molar-refractivity contribution in [2.45, 2.75) is 63.6 Å². The van der Waals surface area contributed by atoms with E-state index in [4.69, 9.17) is 20.9 Å². The molecule has 2 aliphatic heterocycles. The molecule has 2 saturated heterocycles. The molecule has 0 bridgehead atoms. The lowest BCUT2D eigenvalue weighted by molar-refractivity contribution is -0.00639. The molecule has 6 N–H and O–H groups in total. The summed E-state index contributed by atoms with van der Waals surface area (Å²) in [7, 11) is 0. The molecular weight excluding hydrogens is 444 g/mol. The quantitative estimate of drug-likeness (QED) is 0.310. The van der Waals surface area contributed by atoms with Crippen molar-refractivity contribution in [3.8, 4) is 0 Å². The van der Waals surface area contributed by atoms with Crippen LogP contribution >= 0.6 is 0 Å². The lowest BCUT2D eigenvalue weighted by atomic mass is 10.2. The van der Waals surface area contributed by atoms with Gasteiger partial charge in [-0.25, -0.2) is 29.9 Å². The number of aliphatic hydroxyl groups excluding tert-OH is 2. The van der Waals surface area contributed by atoms with Gasteiger partial charge in [-0.2, -0.15) is 0 Å². The first-order chi connectivity index (χ1) is 16.3. The number of anilines is 2. The van der Waals surface area contributed by atoms with Gasteiger partial charge < -0.3 is 31.2 Å². The summed E-state index contributed by atoms with van der Waals surface area (Å²) in [6, 6.07) is 0. The molecule has 0 saturated carbocycles. The van der Waals surface area contributed by atoms with Gasteiger partial charge in [-0.15, -0.1) is 0 Å². The van der Waals surface area contributed by atoms with E-state index >= 15 is 0 Å². The molecule has 4 aromatic rings. The Morgan fingerprint density at radius 1 is 0.735 bits per heavy atom. The topological polar surface area (TPSA) is 198 Å². The molecule has 6 rings (SSSR count). The van der Waals surface area contributed by atoms with Gasteiger partial charge in [-0.1, -0.05) is 0 Å². The van der Waals surface area contributed by atoms with E-state index in [0.717, 1.165) is 0 Å². The number of nitrogens with zero attached hydrogens (tertiary/aromatic N) is 8. The van der Waals surface area contributed by atoms with Crippen LogP contribution in [-0.4, -0.2) is 73.7 Å². The maximum atomic E-state index is 9.68. The second-order valence-corrected chi connectivity index (χ2v) is 8.36. The van der Waals surface area contributed by atoms with Crippen molar-refractivity contribution in [3.05, 3.63) is 25.3 Å². The number of hydrogen-bond donors (Lipinski definition) is 4. The lowest BCUT2D eigenvalue weighted by Gasteiger charge is -2.12. The SMILES string of the molecule is C[C@H]1O[C@@H](n2cnc3c(N)ncnc32)C[C@@H]1O.C[C@H]1O[C@@H](n2cnc3c(N)ncnc32)C[C@@H]1O. The third-order valence-corrected chi connectivity index (χ3v) is 6.11. The zero-order valence-electron chi connectivity index (χ0n) is 18.6. The van der Waals surface area contributed by atoms with Gasteiger partial charge in [0.1, 0.15) is 36.1 Å². The molecule has 0 amide bonds. The van der Waals surface area contributed by atoms with Gasteiger partial charge in [0.25, 0.3) is 0 Å². The third kappa shape index (κ3) is 3.90. The van der Waals surface area contributed by atoms with Crippen LogP contribution in [-0.2, 0) is 9.47 Å². The van der Waals surface area contributed by atoms with Crippen molar-refractivity contribution >= 4 is 34.0 Å². The van der Waals surface area contributed by atoms with Crippen LogP contribution in [0.2, 0.25) is 0 Å². The van der Waals surface area contributed by atoms with Gasteiger partial charge in [0, 0.05) is 12.8 Å². The van der Waals surface area contributed by atoms with Crippen molar-refractivity contribution < 1.29 is 19.7 Å². The molecular formula is C20H26N10O4. The van der Waals surface area contributed by atoms with Crippen molar-refractivity contribution in [3.63, 3.8) is 0 Å². The maximum absolute atomic E-state index is 9.68. The van der Waals surface area contributed by atoms with Crippen molar-refractivity contribution in [2.24, 2.45) is 0 Å². The summed E-state index contributed by atoms with van der Waals surface area (Å²) >= 11 is 0. The largest absolute Gasteiger partial charge is 0.390 e. The van der Waals surface area contributed by atoms with E-state index in [0.29, 0.717) is 46.8 Å². The van der Waals surface area contributed by atoms with E-state index in [9.17, 15) is 10.2 Å². The second kappa shape index (κ2) is 8.72. The first-order valence-electron chi connectivity index (χ1n) is 10.9. The normalized spacial score (nSPS) is 28.9. The molecule has 0 unspecified atom stereocenters. The maximum Gasteiger partial charge on any atom is 0.167 e. The average molecular weight is 470 g/mol. The Morgan fingerprint density at radius 3 is 1.50 bits per heavy atom. The highest BCUT2D eigenvalue weighted by Crippen LogP contribution is 2.32. The number of aliphatic hydroxyl groups is 2. The smallest absolute Gasteiger partial charge is 0.167 e. The van der Waals surface area contributed by atoms with Gasteiger partial charge in [0.05, 0.1) is 37.1 Å². The number of rotatable bonds is 2. The Labute approximate surface area is 193 Å². The molecule has 0 aromatic carbocycles.